The molecule has 0 unspecified atom stereocenters. The number of sulfone groups is 1. The Kier molecular flexibility index (Phi) is 4.52. The lowest BCUT2D eigenvalue weighted by Crippen LogP contribution is -2.37. The fourth-order valence-electron chi connectivity index (χ4n) is 2.73. The van der Waals surface area contributed by atoms with Crippen LogP contribution in [0.4, 0.5) is 4.79 Å². The number of nitrogens with zero attached hydrogens (tertiary/aromatic N) is 3. The van der Waals surface area contributed by atoms with Crippen molar-refractivity contribution in [1.29, 1.82) is 0 Å². The summed E-state index contributed by atoms with van der Waals surface area (Å²) in [4.78, 5) is 13.8. The van der Waals surface area contributed by atoms with E-state index in [9.17, 15) is 13.2 Å². The van der Waals surface area contributed by atoms with E-state index < -0.39 is 9.84 Å². The normalized spacial score (nSPS) is 18.1. The fraction of sp³-hybridized carbons (Fsp3) is 0.400. The molecular formula is C15H19N5O3S. The Morgan fingerprint density at radius 3 is 2.88 bits per heavy atom. The van der Waals surface area contributed by atoms with Crippen LogP contribution in [0.2, 0.25) is 0 Å². The molecular weight excluding hydrogens is 330 g/mol. The van der Waals surface area contributed by atoms with Crippen LogP contribution in [0.25, 0.3) is 0 Å². The molecule has 8 nitrogen and oxygen atoms in total. The molecule has 1 atom stereocenters. The summed E-state index contributed by atoms with van der Waals surface area (Å²) in [5.41, 5.74) is 1.43. The zero-order valence-corrected chi connectivity index (χ0v) is 14.1. The number of amides is 2. The van der Waals surface area contributed by atoms with Crippen molar-refractivity contribution in [2.24, 2.45) is 0 Å². The van der Waals surface area contributed by atoms with Crippen LogP contribution in [0.3, 0.4) is 0 Å². The van der Waals surface area contributed by atoms with Crippen molar-refractivity contribution in [2.45, 2.75) is 30.8 Å². The number of aromatic nitrogens is 3. The number of fused-ring (bicyclic) bond motifs is 1. The van der Waals surface area contributed by atoms with Crippen molar-refractivity contribution in [3.05, 3.63) is 41.7 Å². The molecule has 3 rings (SSSR count). The highest BCUT2D eigenvalue weighted by molar-refractivity contribution is 7.91. The van der Waals surface area contributed by atoms with E-state index in [0.29, 0.717) is 17.1 Å². The molecule has 9 heteroatoms. The number of benzene rings is 1. The number of rotatable bonds is 5. The highest BCUT2D eigenvalue weighted by Crippen LogP contribution is 2.34. The third-order valence-corrected chi connectivity index (χ3v) is 5.80. The first-order valence-corrected chi connectivity index (χ1v) is 9.37. The summed E-state index contributed by atoms with van der Waals surface area (Å²) in [5.74, 6) is -0.199. The Bertz CT molecular complexity index is 846. The van der Waals surface area contributed by atoms with Crippen LogP contribution >= 0.6 is 0 Å². The molecule has 2 N–H and O–H groups in total. The van der Waals surface area contributed by atoms with E-state index in [1.807, 2.05) is 13.0 Å². The summed E-state index contributed by atoms with van der Waals surface area (Å²) < 4.78 is 24.2. The molecule has 2 amide bonds. The molecule has 1 aromatic carbocycles. The first-order chi connectivity index (χ1) is 11.5. The Morgan fingerprint density at radius 1 is 1.33 bits per heavy atom. The van der Waals surface area contributed by atoms with Gasteiger partial charge >= 0.3 is 6.03 Å². The predicted molar refractivity (Wildman–Crippen MR) is 87.2 cm³/mol. The van der Waals surface area contributed by atoms with Crippen LogP contribution in [0.1, 0.15) is 24.1 Å². The van der Waals surface area contributed by atoms with E-state index in [1.54, 1.807) is 24.4 Å². The molecule has 2 aromatic rings. The van der Waals surface area contributed by atoms with Gasteiger partial charge in [0.05, 0.1) is 29.9 Å². The first-order valence-electron chi connectivity index (χ1n) is 7.72. The van der Waals surface area contributed by atoms with Crippen LogP contribution in [0.15, 0.2) is 35.4 Å². The second-order valence-corrected chi connectivity index (χ2v) is 7.61. The maximum Gasteiger partial charge on any atom is 0.315 e. The maximum absolute atomic E-state index is 12.1. The van der Waals surface area contributed by atoms with E-state index in [-0.39, 0.29) is 30.8 Å². The van der Waals surface area contributed by atoms with Gasteiger partial charge in [0.15, 0.2) is 9.84 Å². The molecule has 0 bridgehead atoms. The standard InChI is InChI=1S/C15H19N5O3S/c1-2-20-18-9-12(19-20)8-17-15(21)16-7-11-10-24(22,23)14-6-4-3-5-13(11)14/h3-6,9,11H,2,7-8,10H2,1H3,(H2,16,17,21)/t11-/m0/s1. The van der Waals surface area contributed by atoms with Gasteiger partial charge in [-0.1, -0.05) is 18.2 Å². The zero-order valence-electron chi connectivity index (χ0n) is 13.3. The molecule has 0 radical (unpaired) electrons. The second-order valence-electron chi connectivity index (χ2n) is 5.60. The largest absolute Gasteiger partial charge is 0.338 e. The average molecular weight is 349 g/mol. The lowest BCUT2D eigenvalue weighted by atomic mass is 10.0. The zero-order chi connectivity index (χ0) is 17.2. The number of urea groups is 1. The number of hydrogen-bond donors (Lipinski definition) is 2. The highest BCUT2D eigenvalue weighted by atomic mass is 32.2. The van der Waals surface area contributed by atoms with Crippen LogP contribution in [0, 0.1) is 0 Å². The molecule has 128 valence electrons. The quantitative estimate of drug-likeness (QED) is 0.825. The van der Waals surface area contributed by atoms with Gasteiger partial charge in [0.1, 0.15) is 5.69 Å². The van der Waals surface area contributed by atoms with Gasteiger partial charge in [-0.2, -0.15) is 15.0 Å². The van der Waals surface area contributed by atoms with Crippen molar-refractivity contribution in [3.63, 3.8) is 0 Å². The van der Waals surface area contributed by atoms with Gasteiger partial charge in [-0.05, 0) is 18.6 Å². The number of nitrogens with one attached hydrogen (secondary N) is 2. The molecule has 0 saturated carbocycles. The number of carbonyl (C=O) groups excluding carboxylic acids is 1. The monoisotopic (exact) mass is 349 g/mol. The minimum atomic E-state index is -3.25. The van der Waals surface area contributed by atoms with E-state index in [0.717, 1.165) is 5.56 Å². The summed E-state index contributed by atoms with van der Waals surface area (Å²) in [6.45, 7) is 3.13. The summed E-state index contributed by atoms with van der Waals surface area (Å²) in [6.07, 6.45) is 1.60. The molecule has 24 heavy (non-hydrogen) atoms. The van der Waals surface area contributed by atoms with E-state index in [1.165, 1.54) is 4.80 Å². The summed E-state index contributed by atoms with van der Waals surface area (Å²) >= 11 is 0. The van der Waals surface area contributed by atoms with Crippen molar-refractivity contribution in [3.8, 4) is 0 Å². The van der Waals surface area contributed by atoms with Crippen molar-refractivity contribution < 1.29 is 13.2 Å². The predicted octanol–water partition coefficient (Wildman–Crippen LogP) is 0.668. The molecule has 0 aliphatic carbocycles. The minimum Gasteiger partial charge on any atom is -0.338 e. The summed E-state index contributed by atoms with van der Waals surface area (Å²) in [6, 6.07) is 6.57. The van der Waals surface area contributed by atoms with Crippen molar-refractivity contribution >= 4 is 15.9 Å². The summed E-state index contributed by atoms with van der Waals surface area (Å²) in [5, 5.41) is 13.6. The summed E-state index contributed by atoms with van der Waals surface area (Å²) in [7, 11) is -3.25. The topological polar surface area (TPSA) is 106 Å². The van der Waals surface area contributed by atoms with Crippen LogP contribution in [-0.2, 0) is 22.9 Å². The maximum atomic E-state index is 12.1. The second kappa shape index (κ2) is 6.60. The third-order valence-electron chi connectivity index (χ3n) is 3.92. The molecule has 2 heterocycles. The van der Waals surface area contributed by atoms with Crippen molar-refractivity contribution in [2.75, 3.05) is 12.3 Å². The van der Waals surface area contributed by atoms with Crippen molar-refractivity contribution in [1.82, 2.24) is 25.6 Å². The molecule has 1 aliphatic rings. The van der Waals surface area contributed by atoms with Crippen LogP contribution < -0.4 is 10.6 Å². The van der Waals surface area contributed by atoms with Gasteiger partial charge in [-0.15, -0.1) is 0 Å². The fourth-order valence-corrected chi connectivity index (χ4v) is 4.62. The van der Waals surface area contributed by atoms with Gasteiger partial charge in [0, 0.05) is 12.5 Å². The van der Waals surface area contributed by atoms with Crippen LogP contribution in [0.5, 0.6) is 0 Å². The lowest BCUT2D eigenvalue weighted by Gasteiger charge is -2.12. The SMILES string of the molecule is CCn1ncc(CNC(=O)NC[C@H]2CS(=O)(=O)c3ccccc32)n1. The smallest absolute Gasteiger partial charge is 0.315 e. The molecule has 0 fully saturated rings. The van der Waals surface area contributed by atoms with Gasteiger partial charge in [-0.3, -0.25) is 0 Å². The number of aryl methyl sites for hydroxylation is 1. The number of hydrogen-bond acceptors (Lipinski definition) is 5. The Hall–Kier alpha value is -2.42. The lowest BCUT2D eigenvalue weighted by molar-refractivity contribution is 0.240. The Balaban J connectivity index is 1.54. The van der Waals surface area contributed by atoms with Gasteiger partial charge in [0.25, 0.3) is 0 Å². The van der Waals surface area contributed by atoms with Gasteiger partial charge in [-0.25, -0.2) is 13.2 Å². The van der Waals surface area contributed by atoms with E-state index in [2.05, 4.69) is 20.8 Å². The highest BCUT2D eigenvalue weighted by Gasteiger charge is 2.34. The van der Waals surface area contributed by atoms with Gasteiger partial charge in [0.2, 0.25) is 0 Å². The average Bonchev–Trinajstić information content (AvgIpc) is 3.14. The number of carbonyl (C=O) groups is 1. The third kappa shape index (κ3) is 3.40. The van der Waals surface area contributed by atoms with E-state index in [4.69, 9.17) is 0 Å². The first kappa shape index (κ1) is 16.4. The van der Waals surface area contributed by atoms with E-state index >= 15 is 0 Å². The molecule has 0 saturated heterocycles. The minimum absolute atomic E-state index is 0.0253. The Labute approximate surface area is 140 Å². The molecule has 1 aromatic heterocycles. The molecule has 0 spiro atoms. The van der Waals surface area contributed by atoms with Gasteiger partial charge < -0.3 is 10.6 Å². The Morgan fingerprint density at radius 2 is 2.12 bits per heavy atom. The van der Waals surface area contributed by atoms with Crippen LogP contribution in [-0.4, -0.2) is 41.7 Å². The molecule has 1 aliphatic heterocycles.